The van der Waals surface area contributed by atoms with Crippen LogP contribution in [-0.4, -0.2) is 29.7 Å². The maximum atomic E-state index is 8.92. The number of piperidine rings is 1. The molecule has 1 N–H and O–H groups in total. The molecule has 0 spiro atoms. The molecule has 0 aliphatic carbocycles. The van der Waals surface area contributed by atoms with E-state index < -0.39 is 0 Å². The van der Waals surface area contributed by atoms with Crippen LogP contribution in [0.4, 0.5) is 0 Å². The van der Waals surface area contributed by atoms with E-state index in [0.29, 0.717) is 12.6 Å². The molecule has 1 aromatic carbocycles. The molecule has 1 heterocycles. The number of aliphatic hydroxyl groups is 1. The Labute approximate surface area is 117 Å². The van der Waals surface area contributed by atoms with Crippen LogP contribution in [0.1, 0.15) is 56.2 Å². The van der Waals surface area contributed by atoms with Gasteiger partial charge >= 0.3 is 0 Å². The Hall–Kier alpha value is -0.860. The molecular formula is C17H27NO. The predicted molar refractivity (Wildman–Crippen MR) is 80.3 cm³/mol. The summed E-state index contributed by atoms with van der Waals surface area (Å²) in [5.74, 6) is 0. The highest BCUT2D eigenvalue weighted by atomic mass is 16.2. The highest BCUT2D eigenvalue weighted by molar-refractivity contribution is 5.30. The lowest BCUT2D eigenvalue weighted by Gasteiger charge is -2.33. The van der Waals surface area contributed by atoms with E-state index in [2.05, 4.69) is 36.1 Å². The zero-order chi connectivity index (χ0) is 13.5. The number of aryl methyl sites for hydroxylation is 1. The second-order valence-corrected chi connectivity index (χ2v) is 5.65. The quantitative estimate of drug-likeness (QED) is 0.792. The van der Waals surface area contributed by atoms with E-state index >= 15 is 0 Å². The van der Waals surface area contributed by atoms with Crippen molar-refractivity contribution in [3.8, 4) is 0 Å². The van der Waals surface area contributed by atoms with Gasteiger partial charge in [0.2, 0.25) is 0 Å². The molecule has 0 aromatic heterocycles. The van der Waals surface area contributed by atoms with Gasteiger partial charge in [0.25, 0.3) is 0 Å². The number of benzene rings is 1. The summed E-state index contributed by atoms with van der Waals surface area (Å²) in [6.07, 6.45) is 7.16. The Balaban J connectivity index is 2.04. The molecule has 106 valence electrons. The molecule has 2 nitrogen and oxygen atoms in total. The normalized spacial score (nSPS) is 18.4. The SMILES string of the molecule is CC(c1ccccc1CCCCO)N1CCCCC1. The minimum absolute atomic E-state index is 0.309. The summed E-state index contributed by atoms with van der Waals surface area (Å²) in [7, 11) is 0. The van der Waals surface area contributed by atoms with Gasteiger partial charge in [-0.3, -0.25) is 4.90 Å². The smallest absolute Gasteiger partial charge is 0.0431 e. The Morgan fingerprint density at radius 2 is 1.84 bits per heavy atom. The largest absolute Gasteiger partial charge is 0.396 e. The molecule has 2 heteroatoms. The van der Waals surface area contributed by atoms with Crippen molar-refractivity contribution < 1.29 is 5.11 Å². The van der Waals surface area contributed by atoms with Crippen LogP contribution in [0.5, 0.6) is 0 Å². The van der Waals surface area contributed by atoms with E-state index in [4.69, 9.17) is 5.11 Å². The van der Waals surface area contributed by atoms with Crippen molar-refractivity contribution in [2.24, 2.45) is 0 Å². The first-order valence-corrected chi connectivity index (χ1v) is 7.75. The minimum atomic E-state index is 0.309. The van der Waals surface area contributed by atoms with Crippen LogP contribution >= 0.6 is 0 Å². The number of nitrogens with zero attached hydrogens (tertiary/aromatic N) is 1. The van der Waals surface area contributed by atoms with E-state index in [0.717, 1.165) is 19.3 Å². The van der Waals surface area contributed by atoms with Crippen molar-refractivity contribution in [3.63, 3.8) is 0 Å². The van der Waals surface area contributed by atoms with Crippen LogP contribution in [0.3, 0.4) is 0 Å². The standard InChI is InChI=1S/C17H27NO/c1-15(18-12-6-2-7-13-18)17-11-4-3-9-16(17)10-5-8-14-19/h3-4,9,11,15,19H,2,5-8,10,12-14H2,1H3. The van der Waals surface area contributed by atoms with Gasteiger partial charge in [0.05, 0.1) is 0 Å². The highest BCUT2D eigenvalue weighted by Crippen LogP contribution is 2.27. The molecule has 2 rings (SSSR count). The van der Waals surface area contributed by atoms with Crippen molar-refractivity contribution >= 4 is 0 Å². The van der Waals surface area contributed by atoms with Crippen LogP contribution in [0.15, 0.2) is 24.3 Å². The number of unbranched alkanes of at least 4 members (excludes halogenated alkanes) is 1. The van der Waals surface area contributed by atoms with Gasteiger partial charge in [0.1, 0.15) is 0 Å². The van der Waals surface area contributed by atoms with E-state index in [9.17, 15) is 0 Å². The van der Waals surface area contributed by atoms with Crippen LogP contribution in [0, 0.1) is 0 Å². The van der Waals surface area contributed by atoms with Gasteiger partial charge in [-0.2, -0.15) is 0 Å². The zero-order valence-corrected chi connectivity index (χ0v) is 12.1. The molecule has 1 saturated heterocycles. The van der Waals surface area contributed by atoms with Crippen molar-refractivity contribution in [1.29, 1.82) is 0 Å². The van der Waals surface area contributed by atoms with Crippen molar-refractivity contribution in [1.82, 2.24) is 4.90 Å². The topological polar surface area (TPSA) is 23.5 Å². The fourth-order valence-corrected chi connectivity index (χ4v) is 3.10. The summed E-state index contributed by atoms with van der Waals surface area (Å²) in [5, 5.41) is 8.92. The van der Waals surface area contributed by atoms with Gasteiger partial charge < -0.3 is 5.11 Å². The summed E-state index contributed by atoms with van der Waals surface area (Å²) in [6, 6.07) is 9.37. The van der Waals surface area contributed by atoms with Gasteiger partial charge in [0.15, 0.2) is 0 Å². The summed E-state index contributed by atoms with van der Waals surface area (Å²) in [4.78, 5) is 2.62. The molecule has 1 aliphatic heterocycles. The molecule has 0 amide bonds. The number of hydrogen-bond donors (Lipinski definition) is 1. The maximum absolute atomic E-state index is 8.92. The molecule has 0 radical (unpaired) electrons. The Morgan fingerprint density at radius 3 is 2.58 bits per heavy atom. The van der Waals surface area contributed by atoms with Crippen molar-refractivity contribution in [3.05, 3.63) is 35.4 Å². The third kappa shape index (κ3) is 4.05. The van der Waals surface area contributed by atoms with E-state index in [1.165, 1.54) is 43.5 Å². The molecule has 1 unspecified atom stereocenters. The van der Waals surface area contributed by atoms with E-state index in [1.54, 1.807) is 0 Å². The third-order valence-corrected chi connectivity index (χ3v) is 4.30. The number of hydrogen-bond acceptors (Lipinski definition) is 2. The maximum Gasteiger partial charge on any atom is 0.0431 e. The van der Waals surface area contributed by atoms with E-state index in [1.807, 2.05) is 0 Å². The predicted octanol–water partition coefficient (Wildman–Crippen LogP) is 3.55. The number of rotatable bonds is 6. The second kappa shape index (κ2) is 7.66. The van der Waals surface area contributed by atoms with Crippen molar-refractivity contribution in [2.45, 2.75) is 51.5 Å². The average Bonchev–Trinajstić information content (AvgIpc) is 2.48. The Bertz CT molecular complexity index is 371. The second-order valence-electron chi connectivity index (χ2n) is 5.65. The summed E-state index contributed by atoms with van der Waals surface area (Å²) in [6.45, 7) is 5.14. The van der Waals surface area contributed by atoms with Gasteiger partial charge in [-0.1, -0.05) is 30.7 Å². The van der Waals surface area contributed by atoms with Crippen LogP contribution in [0.25, 0.3) is 0 Å². The van der Waals surface area contributed by atoms with E-state index in [-0.39, 0.29) is 0 Å². The van der Waals surface area contributed by atoms with Gasteiger partial charge in [0, 0.05) is 12.6 Å². The lowest BCUT2D eigenvalue weighted by molar-refractivity contribution is 0.174. The number of likely N-dealkylation sites (tertiary alicyclic amines) is 1. The first-order chi connectivity index (χ1) is 9.33. The van der Waals surface area contributed by atoms with Gasteiger partial charge in [-0.25, -0.2) is 0 Å². The third-order valence-electron chi connectivity index (χ3n) is 4.30. The lowest BCUT2D eigenvalue weighted by Crippen LogP contribution is -2.32. The monoisotopic (exact) mass is 261 g/mol. The lowest BCUT2D eigenvalue weighted by atomic mass is 9.95. The molecule has 1 aromatic rings. The van der Waals surface area contributed by atoms with Crippen LogP contribution in [-0.2, 0) is 6.42 Å². The van der Waals surface area contributed by atoms with Crippen LogP contribution in [0.2, 0.25) is 0 Å². The molecule has 19 heavy (non-hydrogen) atoms. The molecule has 1 aliphatic rings. The first kappa shape index (κ1) is 14.5. The van der Waals surface area contributed by atoms with Crippen molar-refractivity contribution in [2.75, 3.05) is 19.7 Å². The molecule has 0 bridgehead atoms. The minimum Gasteiger partial charge on any atom is -0.396 e. The Kier molecular flexibility index (Phi) is 5.87. The first-order valence-electron chi connectivity index (χ1n) is 7.75. The molecule has 1 atom stereocenters. The molecule has 1 fully saturated rings. The van der Waals surface area contributed by atoms with Gasteiger partial charge in [-0.15, -0.1) is 0 Å². The van der Waals surface area contributed by atoms with Gasteiger partial charge in [-0.05, 0) is 63.2 Å². The zero-order valence-electron chi connectivity index (χ0n) is 12.1. The fraction of sp³-hybridized carbons (Fsp3) is 0.647. The molecular weight excluding hydrogens is 234 g/mol. The Morgan fingerprint density at radius 1 is 1.11 bits per heavy atom. The summed E-state index contributed by atoms with van der Waals surface area (Å²) >= 11 is 0. The summed E-state index contributed by atoms with van der Waals surface area (Å²) < 4.78 is 0. The molecule has 0 saturated carbocycles. The highest BCUT2D eigenvalue weighted by Gasteiger charge is 2.19. The number of aliphatic hydroxyl groups excluding tert-OH is 1. The average molecular weight is 261 g/mol. The fourth-order valence-electron chi connectivity index (χ4n) is 3.10. The summed E-state index contributed by atoms with van der Waals surface area (Å²) in [5.41, 5.74) is 2.95. The van der Waals surface area contributed by atoms with Crippen LogP contribution < -0.4 is 0 Å².